The molecule has 0 fully saturated rings. The van der Waals surface area contributed by atoms with E-state index in [1.807, 2.05) is 24.3 Å². The SMILES string of the molecule is NC(=O)c1cncc(-c2ccccc2Br)c1. The number of benzene rings is 1. The van der Waals surface area contributed by atoms with Crippen molar-refractivity contribution in [3.63, 3.8) is 0 Å². The second-order valence-electron chi connectivity index (χ2n) is 3.31. The highest BCUT2D eigenvalue weighted by molar-refractivity contribution is 9.10. The van der Waals surface area contributed by atoms with E-state index in [1.165, 1.54) is 6.20 Å². The molecule has 0 aliphatic carbocycles. The fraction of sp³-hybridized carbons (Fsp3) is 0. The van der Waals surface area contributed by atoms with Gasteiger partial charge in [0, 0.05) is 22.4 Å². The number of carbonyl (C=O) groups excluding carboxylic acids is 1. The third kappa shape index (κ3) is 2.12. The lowest BCUT2D eigenvalue weighted by Gasteiger charge is -2.04. The van der Waals surface area contributed by atoms with Crippen LogP contribution in [0.4, 0.5) is 0 Å². The van der Waals surface area contributed by atoms with E-state index >= 15 is 0 Å². The fourth-order valence-corrected chi connectivity index (χ4v) is 1.93. The van der Waals surface area contributed by atoms with Crippen molar-refractivity contribution in [3.05, 3.63) is 52.8 Å². The van der Waals surface area contributed by atoms with Crippen LogP contribution in [0.25, 0.3) is 11.1 Å². The largest absolute Gasteiger partial charge is 0.366 e. The molecule has 0 saturated heterocycles. The van der Waals surface area contributed by atoms with Crippen molar-refractivity contribution in [2.45, 2.75) is 0 Å². The quantitative estimate of drug-likeness (QED) is 0.917. The zero-order chi connectivity index (χ0) is 11.5. The zero-order valence-electron chi connectivity index (χ0n) is 8.35. The number of halogens is 1. The molecule has 4 heteroatoms. The minimum atomic E-state index is -0.471. The van der Waals surface area contributed by atoms with Crippen molar-refractivity contribution >= 4 is 21.8 Å². The van der Waals surface area contributed by atoms with Crippen LogP contribution >= 0.6 is 15.9 Å². The van der Waals surface area contributed by atoms with Gasteiger partial charge in [-0.25, -0.2) is 0 Å². The number of aromatic nitrogens is 1. The molecule has 0 radical (unpaired) electrons. The number of pyridine rings is 1. The second kappa shape index (κ2) is 4.45. The summed E-state index contributed by atoms with van der Waals surface area (Å²) in [6, 6.07) is 9.48. The molecular weight excluding hydrogens is 268 g/mol. The molecule has 2 aromatic rings. The number of hydrogen-bond acceptors (Lipinski definition) is 2. The average molecular weight is 277 g/mol. The predicted octanol–water partition coefficient (Wildman–Crippen LogP) is 2.61. The summed E-state index contributed by atoms with van der Waals surface area (Å²) in [4.78, 5) is 15.0. The van der Waals surface area contributed by atoms with Crippen LogP contribution in [0, 0.1) is 0 Å². The Morgan fingerprint density at radius 3 is 2.69 bits per heavy atom. The third-order valence-electron chi connectivity index (χ3n) is 2.21. The van der Waals surface area contributed by atoms with Crippen LogP contribution in [0.15, 0.2) is 47.2 Å². The molecule has 0 unspecified atom stereocenters. The molecule has 3 nitrogen and oxygen atoms in total. The molecule has 1 aromatic heterocycles. The van der Waals surface area contributed by atoms with E-state index in [2.05, 4.69) is 20.9 Å². The van der Waals surface area contributed by atoms with Gasteiger partial charge in [0.1, 0.15) is 0 Å². The normalized spacial score (nSPS) is 10.1. The standard InChI is InChI=1S/C12H9BrN2O/c13-11-4-2-1-3-10(11)8-5-9(12(14)16)7-15-6-8/h1-7H,(H2,14,16). The molecule has 0 atom stereocenters. The fourth-order valence-electron chi connectivity index (χ4n) is 1.42. The third-order valence-corrected chi connectivity index (χ3v) is 2.90. The van der Waals surface area contributed by atoms with Crippen LogP contribution < -0.4 is 5.73 Å². The second-order valence-corrected chi connectivity index (χ2v) is 4.16. The lowest BCUT2D eigenvalue weighted by Crippen LogP contribution is -2.11. The number of nitrogens with two attached hydrogens (primary N) is 1. The van der Waals surface area contributed by atoms with E-state index in [0.29, 0.717) is 5.56 Å². The summed E-state index contributed by atoms with van der Waals surface area (Å²) >= 11 is 3.45. The van der Waals surface area contributed by atoms with E-state index < -0.39 is 5.91 Å². The Morgan fingerprint density at radius 1 is 1.25 bits per heavy atom. The number of rotatable bonds is 2. The summed E-state index contributed by atoms with van der Waals surface area (Å²) in [5, 5.41) is 0. The minimum absolute atomic E-state index is 0.410. The van der Waals surface area contributed by atoms with Crippen molar-refractivity contribution in [3.8, 4) is 11.1 Å². The molecule has 2 N–H and O–H groups in total. The van der Waals surface area contributed by atoms with Crippen LogP contribution in [0.5, 0.6) is 0 Å². The maximum absolute atomic E-state index is 11.0. The molecular formula is C12H9BrN2O. The Morgan fingerprint density at radius 2 is 2.00 bits per heavy atom. The van der Waals surface area contributed by atoms with Gasteiger partial charge in [-0.2, -0.15) is 0 Å². The highest BCUT2D eigenvalue weighted by atomic mass is 79.9. The summed E-state index contributed by atoms with van der Waals surface area (Å²) in [6.07, 6.45) is 3.16. The van der Waals surface area contributed by atoms with Crippen molar-refractivity contribution in [2.24, 2.45) is 5.73 Å². The van der Waals surface area contributed by atoms with Gasteiger partial charge in [-0.1, -0.05) is 34.1 Å². The van der Waals surface area contributed by atoms with E-state index in [-0.39, 0.29) is 0 Å². The Hall–Kier alpha value is -1.68. The summed E-state index contributed by atoms with van der Waals surface area (Å²) in [6.45, 7) is 0. The van der Waals surface area contributed by atoms with Gasteiger partial charge in [-0.05, 0) is 17.7 Å². The minimum Gasteiger partial charge on any atom is -0.366 e. The molecule has 1 aromatic carbocycles. The van der Waals surface area contributed by atoms with Gasteiger partial charge in [0.05, 0.1) is 5.56 Å². The smallest absolute Gasteiger partial charge is 0.250 e. The molecule has 2 rings (SSSR count). The summed E-state index contributed by atoms with van der Waals surface area (Å²) < 4.78 is 0.957. The van der Waals surface area contributed by atoms with Crippen LogP contribution in [0.2, 0.25) is 0 Å². The number of nitrogens with zero attached hydrogens (tertiary/aromatic N) is 1. The molecule has 1 amide bonds. The first-order valence-electron chi connectivity index (χ1n) is 4.68. The van der Waals surface area contributed by atoms with E-state index in [4.69, 9.17) is 5.73 Å². The summed E-state index contributed by atoms with van der Waals surface area (Å²) in [7, 11) is 0. The lowest BCUT2D eigenvalue weighted by molar-refractivity contribution is 0.1000. The first-order chi connectivity index (χ1) is 7.68. The monoisotopic (exact) mass is 276 g/mol. The molecule has 0 saturated carbocycles. The van der Waals surface area contributed by atoms with Gasteiger partial charge in [0.2, 0.25) is 5.91 Å². The Bertz CT molecular complexity index is 540. The summed E-state index contributed by atoms with van der Waals surface area (Å²) in [5.41, 5.74) is 7.47. The Kier molecular flexibility index (Phi) is 3.01. The van der Waals surface area contributed by atoms with Crippen LogP contribution in [-0.4, -0.2) is 10.9 Å². The van der Waals surface area contributed by atoms with Crippen molar-refractivity contribution in [1.82, 2.24) is 4.98 Å². The molecule has 1 heterocycles. The highest BCUT2D eigenvalue weighted by Crippen LogP contribution is 2.27. The predicted molar refractivity (Wildman–Crippen MR) is 65.9 cm³/mol. The first-order valence-corrected chi connectivity index (χ1v) is 5.47. The van der Waals surface area contributed by atoms with Gasteiger partial charge < -0.3 is 5.73 Å². The van der Waals surface area contributed by atoms with E-state index in [9.17, 15) is 4.79 Å². The molecule has 0 bridgehead atoms. The van der Waals surface area contributed by atoms with Crippen molar-refractivity contribution < 1.29 is 4.79 Å². The van der Waals surface area contributed by atoms with Crippen molar-refractivity contribution in [2.75, 3.05) is 0 Å². The van der Waals surface area contributed by atoms with E-state index in [0.717, 1.165) is 15.6 Å². The first kappa shape index (κ1) is 10.8. The number of hydrogen-bond donors (Lipinski definition) is 1. The Labute approximate surface area is 101 Å². The highest BCUT2D eigenvalue weighted by Gasteiger charge is 2.06. The summed E-state index contributed by atoms with van der Waals surface area (Å²) in [5.74, 6) is -0.471. The molecule has 0 aliphatic rings. The zero-order valence-corrected chi connectivity index (χ0v) is 9.94. The molecule has 80 valence electrons. The van der Waals surface area contributed by atoms with Gasteiger partial charge in [-0.3, -0.25) is 9.78 Å². The van der Waals surface area contributed by atoms with Gasteiger partial charge in [0.15, 0.2) is 0 Å². The average Bonchev–Trinajstić information content (AvgIpc) is 2.30. The molecule has 0 spiro atoms. The number of carbonyl (C=O) groups is 1. The molecule has 0 aliphatic heterocycles. The maximum Gasteiger partial charge on any atom is 0.250 e. The van der Waals surface area contributed by atoms with Crippen molar-refractivity contribution in [1.29, 1.82) is 0 Å². The van der Waals surface area contributed by atoms with Gasteiger partial charge >= 0.3 is 0 Å². The van der Waals surface area contributed by atoms with Crippen LogP contribution in [0.3, 0.4) is 0 Å². The van der Waals surface area contributed by atoms with Crippen LogP contribution in [0.1, 0.15) is 10.4 Å². The van der Waals surface area contributed by atoms with Gasteiger partial charge in [0.25, 0.3) is 0 Å². The maximum atomic E-state index is 11.0. The molecule has 16 heavy (non-hydrogen) atoms. The van der Waals surface area contributed by atoms with E-state index in [1.54, 1.807) is 12.3 Å². The number of primary amides is 1. The number of amides is 1. The van der Waals surface area contributed by atoms with Crippen LogP contribution in [-0.2, 0) is 0 Å². The van der Waals surface area contributed by atoms with Gasteiger partial charge in [-0.15, -0.1) is 0 Å². The lowest BCUT2D eigenvalue weighted by atomic mass is 10.1. The topological polar surface area (TPSA) is 56.0 Å². The Balaban J connectivity index is 2.53.